The highest BCUT2D eigenvalue weighted by Crippen LogP contribution is 2.36. The SMILES string of the molecule is COc1ccc(/C=C2/SC(=O)N(c3ccc(Cl)cc3)C2=O)cc1I. The Balaban J connectivity index is 1.90. The number of carbonyl (C=O) groups excluding carboxylic acids is 2. The molecular weight excluding hydrogens is 461 g/mol. The maximum absolute atomic E-state index is 12.6. The predicted octanol–water partition coefficient (Wildman–Crippen LogP) is 5.19. The van der Waals surface area contributed by atoms with Crippen LogP contribution >= 0.6 is 46.0 Å². The van der Waals surface area contributed by atoms with Crippen LogP contribution in [-0.4, -0.2) is 18.3 Å². The van der Waals surface area contributed by atoms with Crippen molar-refractivity contribution in [1.29, 1.82) is 0 Å². The Bertz CT molecular complexity index is 851. The van der Waals surface area contributed by atoms with Gasteiger partial charge >= 0.3 is 0 Å². The fourth-order valence-corrected chi connectivity index (χ4v) is 3.93. The molecule has 0 radical (unpaired) electrons. The van der Waals surface area contributed by atoms with Gasteiger partial charge in [-0.25, -0.2) is 4.90 Å². The lowest BCUT2D eigenvalue weighted by molar-refractivity contribution is -0.113. The lowest BCUT2D eigenvalue weighted by Gasteiger charge is -2.12. The molecule has 0 aromatic heterocycles. The fourth-order valence-electron chi connectivity index (χ4n) is 2.20. The van der Waals surface area contributed by atoms with Crippen LogP contribution in [0, 0.1) is 3.57 Å². The molecule has 1 saturated heterocycles. The van der Waals surface area contributed by atoms with Crippen LogP contribution in [-0.2, 0) is 4.79 Å². The molecule has 0 N–H and O–H groups in total. The Morgan fingerprint density at radius 2 is 1.88 bits per heavy atom. The number of imide groups is 1. The van der Waals surface area contributed by atoms with Crippen molar-refractivity contribution < 1.29 is 14.3 Å². The van der Waals surface area contributed by atoms with Gasteiger partial charge in [-0.1, -0.05) is 17.7 Å². The molecule has 1 heterocycles. The number of ether oxygens (including phenoxy) is 1. The summed E-state index contributed by atoms with van der Waals surface area (Å²) in [5.41, 5.74) is 1.34. The lowest BCUT2D eigenvalue weighted by Crippen LogP contribution is -2.27. The van der Waals surface area contributed by atoms with Gasteiger partial charge in [-0.15, -0.1) is 0 Å². The van der Waals surface area contributed by atoms with Crippen molar-refractivity contribution in [1.82, 2.24) is 0 Å². The number of halogens is 2. The maximum atomic E-state index is 12.6. The number of benzene rings is 2. The molecule has 4 nitrogen and oxygen atoms in total. The van der Waals surface area contributed by atoms with E-state index in [4.69, 9.17) is 16.3 Å². The Hall–Kier alpha value is -1.51. The monoisotopic (exact) mass is 471 g/mol. The number of carbonyl (C=O) groups is 2. The summed E-state index contributed by atoms with van der Waals surface area (Å²) in [6.07, 6.45) is 1.71. The zero-order valence-corrected chi connectivity index (χ0v) is 16.2. The van der Waals surface area contributed by atoms with Gasteiger partial charge in [0.2, 0.25) is 0 Å². The van der Waals surface area contributed by atoms with Crippen molar-refractivity contribution >= 4 is 68.9 Å². The maximum Gasteiger partial charge on any atom is 0.298 e. The van der Waals surface area contributed by atoms with Crippen molar-refractivity contribution in [2.75, 3.05) is 12.0 Å². The van der Waals surface area contributed by atoms with Gasteiger partial charge in [-0.2, -0.15) is 0 Å². The molecule has 0 bridgehead atoms. The first-order chi connectivity index (χ1) is 11.5. The van der Waals surface area contributed by atoms with E-state index in [0.717, 1.165) is 31.5 Å². The molecule has 1 aliphatic rings. The standard InChI is InChI=1S/C17H11ClINO3S/c1-23-14-7-2-10(8-13(14)19)9-15-16(21)20(17(22)24-15)12-5-3-11(18)4-6-12/h2-9H,1H3/b15-9+. The molecule has 3 rings (SSSR count). The van der Waals surface area contributed by atoms with Gasteiger partial charge in [0.15, 0.2) is 0 Å². The Labute approximate surface area is 162 Å². The van der Waals surface area contributed by atoms with Gasteiger partial charge in [0.1, 0.15) is 5.75 Å². The van der Waals surface area contributed by atoms with E-state index in [1.807, 2.05) is 18.2 Å². The van der Waals surface area contributed by atoms with Crippen LogP contribution in [0.25, 0.3) is 6.08 Å². The Morgan fingerprint density at radius 1 is 1.17 bits per heavy atom. The highest BCUT2D eigenvalue weighted by Gasteiger charge is 2.36. The molecule has 122 valence electrons. The minimum atomic E-state index is -0.335. The third kappa shape index (κ3) is 3.45. The molecule has 0 atom stereocenters. The van der Waals surface area contributed by atoms with E-state index < -0.39 is 0 Å². The van der Waals surface area contributed by atoms with E-state index in [-0.39, 0.29) is 11.1 Å². The fraction of sp³-hybridized carbons (Fsp3) is 0.0588. The number of amides is 2. The van der Waals surface area contributed by atoms with Crippen LogP contribution in [0.4, 0.5) is 10.5 Å². The number of thioether (sulfide) groups is 1. The third-order valence-corrected chi connectivity index (χ3v) is 5.32. The molecule has 0 spiro atoms. The zero-order valence-electron chi connectivity index (χ0n) is 12.5. The minimum absolute atomic E-state index is 0.322. The highest BCUT2D eigenvalue weighted by molar-refractivity contribution is 14.1. The lowest BCUT2D eigenvalue weighted by atomic mass is 10.2. The second-order valence-corrected chi connectivity index (χ2v) is 7.48. The van der Waals surface area contributed by atoms with E-state index in [0.29, 0.717) is 15.6 Å². The second kappa shape index (κ2) is 7.16. The molecule has 0 saturated carbocycles. The van der Waals surface area contributed by atoms with Crippen molar-refractivity contribution in [2.45, 2.75) is 0 Å². The van der Waals surface area contributed by atoms with Gasteiger partial charge in [-0.05, 0) is 82.4 Å². The van der Waals surface area contributed by atoms with Crippen molar-refractivity contribution in [3.63, 3.8) is 0 Å². The summed E-state index contributed by atoms with van der Waals surface area (Å²) in [6.45, 7) is 0. The number of methoxy groups -OCH3 is 1. The van der Waals surface area contributed by atoms with E-state index in [1.54, 1.807) is 37.5 Å². The number of rotatable bonds is 3. The first-order valence-electron chi connectivity index (χ1n) is 6.86. The molecule has 0 aliphatic carbocycles. The molecular formula is C17H11ClINO3S. The first-order valence-corrected chi connectivity index (χ1v) is 9.14. The number of hydrogen-bond donors (Lipinski definition) is 0. The highest BCUT2D eigenvalue weighted by atomic mass is 127. The average molecular weight is 472 g/mol. The van der Waals surface area contributed by atoms with Gasteiger partial charge in [-0.3, -0.25) is 9.59 Å². The van der Waals surface area contributed by atoms with Crippen LogP contribution in [0.2, 0.25) is 5.02 Å². The average Bonchev–Trinajstić information content (AvgIpc) is 2.83. The number of anilines is 1. The summed E-state index contributed by atoms with van der Waals surface area (Å²) in [7, 11) is 1.61. The molecule has 2 aromatic rings. The Kier molecular flexibility index (Phi) is 5.17. The quantitative estimate of drug-likeness (QED) is 0.456. The zero-order chi connectivity index (χ0) is 17.3. The molecule has 7 heteroatoms. The summed E-state index contributed by atoms with van der Waals surface area (Å²) >= 11 is 8.94. The molecule has 0 unspecified atom stereocenters. The van der Waals surface area contributed by atoms with E-state index >= 15 is 0 Å². The van der Waals surface area contributed by atoms with Gasteiger partial charge < -0.3 is 4.74 Å². The molecule has 1 fully saturated rings. The van der Waals surface area contributed by atoms with Gasteiger partial charge in [0, 0.05) is 5.02 Å². The minimum Gasteiger partial charge on any atom is -0.496 e. The number of nitrogens with zero attached hydrogens (tertiary/aromatic N) is 1. The predicted molar refractivity (Wildman–Crippen MR) is 106 cm³/mol. The number of hydrogen-bond acceptors (Lipinski definition) is 4. The van der Waals surface area contributed by atoms with Gasteiger partial charge in [0.05, 0.1) is 21.3 Å². The summed E-state index contributed by atoms with van der Waals surface area (Å²) in [5, 5.41) is 0.228. The summed E-state index contributed by atoms with van der Waals surface area (Å²) in [5.74, 6) is 0.431. The van der Waals surface area contributed by atoms with Crippen LogP contribution in [0.3, 0.4) is 0 Å². The van der Waals surface area contributed by atoms with Gasteiger partial charge in [0.25, 0.3) is 11.1 Å². The van der Waals surface area contributed by atoms with E-state index in [9.17, 15) is 9.59 Å². The van der Waals surface area contributed by atoms with E-state index in [1.165, 1.54) is 0 Å². The topological polar surface area (TPSA) is 46.6 Å². The van der Waals surface area contributed by atoms with E-state index in [2.05, 4.69) is 22.6 Å². The van der Waals surface area contributed by atoms with Crippen molar-refractivity contribution in [2.24, 2.45) is 0 Å². The first kappa shape index (κ1) is 17.3. The van der Waals surface area contributed by atoms with Crippen LogP contribution in [0.1, 0.15) is 5.56 Å². The van der Waals surface area contributed by atoms with Crippen LogP contribution in [0.5, 0.6) is 5.75 Å². The summed E-state index contributed by atoms with van der Waals surface area (Å²) < 4.78 is 6.15. The molecule has 24 heavy (non-hydrogen) atoms. The normalized spacial score (nSPS) is 16.1. The Morgan fingerprint density at radius 3 is 2.50 bits per heavy atom. The molecule has 2 amide bonds. The molecule has 2 aromatic carbocycles. The molecule has 1 aliphatic heterocycles. The second-order valence-electron chi connectivity index (χ2n) is 4.89. The summed E-state index contributed by atoms with van der Waals surface area (Å²) in [4.78, 5) is 26.3. The summed E-state index contributed by atoms with van der Waals surface area (Å²) in [6, 6.07) is 12.2. The third-order valence-electron chi connectivity index (χ3n) is 3.35. The largest absolute Gasteiger partial charge is 0.496 e. The van der Waals surface area contributed by atoms with Crippen LogP contribution in [0.15, 0.2) is 47.4 Å². The van der Waals surface area contributed by atoms with Crippen LogP contribution < -0.4 is 9.64 Å². The smallest absolute Gasteiger partial charge is 0.298 e. The van der Waals surface area contributed by atoms with Crippen molar-refractivity contribution in [3.8, 4) is 5.75 Å². The van der Waals surface area contributed by atoms with Crippen molar-refractivity contribution in [3.05, 3.63) is 61.5 Å².